The van der Waals surface area contributed by atoms with Gasteiger partial charge in [-0.2, -0.15) is 13.2 Å². The van der Waals surface area contributed by atoms with Crippen LogP contribution >= 0.6 is 0 Å². The number of hydrogen-bond donors (Lipinski definition) is 2. The monoisotopic (exact) mass is 204 g/mol. The van der Waals surface area contributed by atoms with Gasteiger partial charge in [0.1, 0.15) is 0 Å². The summed E-state index contributed by atoms with van der Waals surface area (Å²) >= 11 is 0. The number of nitrogen functional groups attached to an aromatic ring is 1. The first-order valence-corrected chi connectivity index (χ1v) is 4.15. The molecule has 1 aromatic rings. The van der Waals surface area contributed by atoms with Crippen LogP contribution in [0.4, 0.5) is 18.9 Å². The van der Waals surface area contributed by atoms with Gasteiger partial charge in [-0.05, 0) is 30.2 Å². The molecule has 0 aliphatic carbocycles. The van der Waals surface area contributed by atoms with Crippen LogP contribution in [-0.2, 0) is 12.6 Å². The number of alkyl halides is 3. The van der Waals surface area contributed by atoms with Gasteiger partial charge in [-0.15, -0.1) is 0 Å². The molecule has 0 aliphatic heterocycles. The summed E-state index contributed by atoms with van der Waals surface area (Å²) in [5.74, 6) is 5.07. The molecule has 0 spiro atoms. The third-order valence-electron chi connectivity index (χ3n) is 1.90. The Morgan fingerprint density at radius 3 is 2.36 bits per heavy atom. The predicted molar refractivity (Wildman–Crippen MR) is 48.6 cm³/mol. The van der Waals surface area contributed by atoms with E-state index in [1.807, 2.05) is 0 Å². The lowest BCUT2D eigenvalue weighted by Gasteiger charge is -2.10. The molecule has 5 heteroatoms. The number of nitrogens with two attached hydrogens (primary N) is 1. The van der Waals surface area contributed by atoms with E-state index in [4.69, 9.17) is 5.84 Å². The van der Waals surface area contributed by atoms with Crippen LogP contribution < -0.4 is 11.3 Å². The van der Waals surface area contributed by atoms with Crippen molar-refractivity contribution in [2.75, 3.05) is 5.43 Å². The van der Waals surface area contributed by atoms with Gasteiger partial charge in [-0.1, -0.05) is 6.92 Å². The van der Waals surface area contributed by atoms with Gasteiger partial charge in [0, 0.05) is 5.69 Å². The normalized spacial score (nSPS) is 11.5. The molecular formula is C9H11F3N2. The van der Waals surface area contributed by atoms with Gasteiger partial charge in [-0.25, -0.2) is 0 Å². The van der Waals surface area contributed by atoms with Crippen molar-refractivity contribution in [3.8, 4) is 0 Å². The van der Waals surface area contributed by atoms with E-state index in [1.165, 1.54) is 0 Å². The van der Waals surface area contributed by atoms with Crippen LogP contribution in [0, 0.1) is 0 Å². The number of nitrogens with one attached hydrogen (secondary N) is 1. The Morgan fingerprint density at radius 1 is 1.29 bits per heavy atom. The van der Waals surface area contributed by atoms with Crippen LogP contribution in [0.5, 0.6) is 0 Å². The van der Waals surface area contributed by atoms with Crippen molar-refractivity contribution in [2.24, 2.45) is 5.84 Å². The fourth-order valence-electron chi connectivity index (χ4n) is 1.14. The number of halogens is 3. The number of rotatable bonds is 2. The van der Waals surface area contributed by atoms with E-state index < -0.39 is 11.7 Å². The van der Waals surface area contributed by atoms with E-state index >= 15 is 0 Å². The molecule has 0 heterocycles. The summed E-state index contributed by atoms with van der Waals surface area (Å²) in [4.78, 5) is 0. The van der Waals surface area contributed by atoms with Gasteiger partial charge in [0.15, 0.2) is 0 Å². The summed E-state index contributed by atoms with van der Waals surface area (Å²) in [5.41, 5.74) is 2.42. The van der Waals surface area contributed by atoms with Gasteiger partial charge in [-0.3, -0.25) is 5.84 Å². The minimum absolute atomic E-state index is 0.275. The lowest BCUT2D eigenvalue weighted by Crippen LogP contribution is -2.11. The van der Waals surface area contributed by atoms with Crippen LogP contribution in [0.1, 0.15) is 18.1 Å². The molecule has 78 valence electrons. The fourth-order valence-corrected chi connectivity index (χ4v) is 1.14. The fraction of sp³-hybridized carbons (Fsp3) is 0.333. The number of hydrogen-bond acceptors (Lipinski definition) is 2. The lowest BCUT2D eigenvalue weighted by molar-refractivity contribution is -0.137. The Hall–Kier alpha value is -1.23. The van der Waals surface area contributed by atoms with Crippen LogP contribution in [0.3, 0.4) is 0 Å². The Labute approximate surface area is 79.9 Å². The van der Waals surface area contributed by atoms with Crippen molar-refractivity contribution in [3.63, 3.8) is 0 Å². The minimum Gasteiger partial charge on any atom is -0.324 e. The van der Waals surface area contributed by atoms with Crippen LogP contribution in [0.15, 0.2) is 18.2 Å². The molecule has 0 aliphatic rings. The van der Waals surface area contributed by atoms with E-state index in [0.29, 0.717) is 12.0 Å². The second-order valence-corrected chi connectivity index (χ2v) is 2.91. The molecule has 0 amide bonds. The van der Waals surface area contributed by atoms with Gasteiger partial charge >= 0.3 is 6.18 Å². The van der Waals surface area contributed by atoms with Crippen LogP contribution in [0.2, 0.25) is 0 Å². The number of hydrazine groups is 1. The van der Waals surface area contributed by atoms with Crippen molar-refractivity contribution >= 4 is 5.69 Å². The molecule has 2 nitrogen and oxygen atoms in total. The highest BCUT2D eigenvalue weighted by molar-refractivity contribution is 5.48. The zero-order valence-corrected chi connectivity index (χ0v) is 7.65. The minimum atomic E-state index is -4.32. The van der Waals surface area contributed by atoms with Crippen molar-refractivity contribution in [3.05, 3.63) is 29.3 Å². The summed E-state index contributed by atoms with van der Waals surface area (Å²) in [7, 11) is 0. The molecule has 14 heavy (non-hydrogen) atoms. The standard InChI is InChI=1S/C9H11F3N2/c1-2-6-3-7(9(10,11)12)5-8(4-6)14-13/h3-5,14H,2,13H2,1H3. The SMILES string of the molecule is CCc1cc(NN)cc(C(F)(F)F)c1. The average molecular weight is 204 g/mol. The lowest BCUT2D eigenvalue weighted by atomic mass is 10.1. The number of benzene rings is 1. The van der Waals surface area contributed by atoms with Gasteiger partial charge in [0.05, 0.1) is 5.56 Å². The smallest absolute Gasteiger partial charge is 0.324 e. The first kappa shape index (κ1) is 10.8. The Bertz CT molecular complexity index is 298. The maximum absolute atomic E-state index is 12.4. The topological polar surface area (TPSA) is 38.0 Å². The molecule has 0 unspecified atom stereocenters. The van der Waals surface area contributed by atoms with E-state index in [2.05, 4.69) is 5.43 Å². The number of aryl methyl sites for hydroxylation is 1. The zero-order valence-electron chi connectivity index (χ0n) is 7.65. The molecule has 1 aromatic carbocycles. The van der Waals surface area contributed by atoms with E-state index in [-0.39, 0.29) is 5.69 Å². The van der Waals surface area contributed by atoms with Crippen molar-refractivity contribution in [2.45, 2.75) is 19.5 Å². The van der Waals surface area contributed by atoms with Crippen LogP contribution in [-0.4, -0.2) is 0 Å². The summed E-state index contributed by atoms with van der Waals surface area (Å²) in [6.45, 7) is 1.79. The average Bonchev–Trinajstić information content (AvgIpc) is 2.15. The third-order valence-corrected chi connectivity index (χ3v) is 1.90. The molecule has 3 N–H and O–H groups in total. The second kappa shape index (κ2) is 3.88. The quantitative estimate of drug-likeness (QED) is 0.574. The second-order valence-electron chi connectivity index (χ2n) is 2.91. The molecule has 0 saturated carbocycles. The van der Waals surface area contributed by atoms with Crippen molar-refractivity contribution < 1.29 is 13.2 Å². The largest absolute Gasteiger partial charge is 0.416 e. The van der Waals surface area contributed by atoms with E-state index in [1.54, 1.807) is 13.0 Å². The third kappa shape index (κ3) is 2.38. The van der Waals surface area contributed by atoms with Gasteiger partial charge < -0.3 is 5.43 Å². The zero-order chi connectivity index (χ0) is 10.8. The first-order valence-electron chi connectivity index (χ1n) is 4.15. The first-order chi connectivity index (χ1) is 6.47. The molecule has 0 aromatic heterocycles. The molecule has 0 fully saturated rings. The van der Waals surface area contributed by atoms with Gasteiger partial charge in [0.25, 0.3) is 0 Å². The Balaban J connectivity index is 3.17. The van der Waals surface area contributed by atoms with E-state index in [0.717, 1.165) is 12.1 Å². The number of anilines is 1. The van der Waals surface area contributed by atoms with Crippen molar-refractivity contribution in [1.29, 1.82) is 0 Å². The highest BCUT2D eigenvalue weighted by Gasteiger charge is 2.30. The molecular weight excluding hydrogens is 193 g/mol. The van der Waals surface area contributed by atoms with Crippen molar-refractivity contribution in [1.82, 2.24) is 0 Å². The highest BCUT2D eigenvalue weighted by Crippen LogP contribution is 2.31. The predicted octanol–water partition coefficient (Wildman–Crippen LogP) is 2.55. The Morgan fingerprint density at radius 2 is 1.93 bits per heavy atom. The molecule has 0 atom stereocenters. The molecule has 0 saturated heterocycles. The van der Waals surface area contributed by atoms with Gasteiger partial charge in [0.2, 0.25) is 0 Å². The molecule has 0 radical (unpaired) electrons. The maximum Gasteiger partial charge on any atom is 0.416 e. The summed E-state index contributed by atoms with van der Waals surface area (Å²) in [5, 5.41) is 0. The summed E-state index contributed by atoms with van der Waals surface area (Å²) < 4.78 is 37.1. The summed E-state index contributed by atoms with van der Waals surface area (Å²) in [6, 6.07) is 3.70. The van der Waals surface area contributed by atoms with Crippen LogP contribution in [0.25, 0.3) is 0 Å². The summed E-state index contributed by atoms with van der Waals surface area (Å²) in [6.07, 6.45) is -3.78. The maximum atomic E-state index is 12.4. The van der Waals surface area contributed by atoms with E-state index in [9.17, 15) is 13.2 Å². The Kier molecular flexibility index (Phi) is 3.00. The highest BCUT2D eigenvalue weighted by atomic mass is 19.4. The molecule has 0 bridgehead atoms. The molecule has 1 rings (SSSR count).